The Morgan fingerprint density at radius 2 is 2.00 bits per heavy atom. The van der Waals surface area contributed by atoms with E-state index in [0.717, 1.165) is 0 Å². The quantitative estimate of drug-likeness (QED) is 0.848. The second-order valence-electron chi connectivity index (χ2n) is 5.19. The fourth-order valence-electron chi connectivity index (χ4n) is 1.54. The van der Waals surface area contributed by atoms with Crippen LogP contribution in [0.2, 0.25) is 0 Å². The van der Waals surface area contributed by atoms with Crippen LogP contribution in [0.3, 0.4) is 0 Å². The molecule has 1 N–H and O–H groups in total. The maximum absolute atomic E-state index is 13.8. The van der Waals surface area contributed by atoms with Crippen LogP contribution in [0.5, 0.6) is 5.75 Å². The van der Waals surface area contributed by atoms with Crippen LogP contribution in [0.25, 0.3) is 0 Å². The lowest BCUT2D eigenvalue weighted by Gasteiger charge is -2.23. The van der Waals surface area contributed by atoms with Gasteiger partial charge in [-0.1, -0.05) is 26.8 Å². The summed E-state index contributed by atoms with van der Waals surface area (Å²) in [6, 6.07) is 4.50. The first-order valence-corrected chi connectivity index (χ1v) is 7.61. The molecule has 0 spiro atoms. The van der Waals surface area contributed by atoms with Crippen LogP contribution >= 0.6 is 7.37 Å². The van der Waals surface area contributed by atoms with Gasteiger partial charge in [0.1, 0.15) is 11.6 Å². The summed E-state index contributed by atoms with van der Waals surface area (Å²) in [5.74, 6) is -0.0347. The first-order chi connectivity index (χ1) is 7.61. The van der Waals surface area contributed by atoms with Crippen LogP contribution < -0.4 is 4.74 Å². The van der Waals surface area contributed by atoms with Crippen molar-refractivity contribution in [2.45, 2.75) is 26.2 Å². The second kappa shape index (κ2) is 4.79. The van der Waals surface area contributed by atoms with E-state index in [9.17, 15) is 13.8 Å². The van der Waals surface area contributed by atoms with Gasteiger partial charge in [-0.25, -0.2) is 4.39 Å². The molecule has 0 saturated carbocycles. The zero-order valence-electron chi connectivity index (χ0n) is 10.5. The molecule has 1 aromatic rings. The highest BCUT2D eigenvalue weighted by Gasteiger charge is 2.24. The van der Waals surface area contributed by atoms with Crippen LogP contribution in [0.15, 0.2) is 18.2 Å². The normalized spacial score (nSPS) is 15.4. The van der Waals surface area contributed by atoms with Crippen molar-refractivity contribution in [1.82, 2.24) is 0 Å². The van der Waals surface area contributed by atoms with Crippen molar-refractivity contribution >= 4 is 7.37 Å². The predicted octanol–water partition coefficient (Wildman–Crippen LogP) is 3.36. The summed E-state index contributed by atoms with van der Waals surface area (Å²) in [5, 5.41) is 0. The average Bonchev–Trinajstić information content (AvgIpc) is 2.11. The zero-order valence-corrected chi connectivity index (χ0v) is 11.4. The summed E-state index contributed by atoms with van der Waals surface area (Å²) in [6.07, 6.45) is -0.306. The Morgan fingerprint density at radius 1 is 1.41 bits per heavy atom. The van der Waals surface area contributed by atoms with E-state index >= 15 is 0 Å². The Labute approximate surface area is 101 Å². The van der Waals surface area contributed by atoms with Gasteiger partial charge in [0.25, 0.3) is 0 Å². The van der Waals surface area contributed by atoms with Crippen molar-refractivity contribution in [2.75, 3.05) is 13.0 Å². The van der Waals surface area contributed by atoms with Gasteiger partial charge in [-0.05, 0) is 17.5 Å². The minimum Gasteiger partial charge on any atom is -0.483 e. The SMILES string of the molecule is CC(C)(C)c1c(F)cccc1OCP(C)(=O)O. The van der Waals surface area contributed by atoms with Gasteiger partial charge in [-0.3, -0.25) is 4.57 Å². The van der Waals surface area contributed by atoms with Crippen LogP contribution in [-0.2, 0) is 9.98 Å². The Hall–Kier alpha value is -0.860. The number of hydrogen-bond donors (Lipinski definition) is 1. The smallest absolute Gasteiger partial charge is 0.233 e. The van der Waals surface area contributed by atoms with Gasteiger partial charge in [0, 0.05) is 12.2 Å². The van der Waals surface area contributed by atoms with E-state index in [-0.39, 0.29) is 12.2 Å². The molecular weight excluding hydrogens is 242 g/mol. The molecule has 3 nitrogen and oxygen atoms in total. The molecule has 0 amide bonds. The zero-order chi connectivity index (χ0) is 13.3. The van der Waals surface area contributed by atoms with Gasteiger partial charge >= 0.3 is 0 Å². The Morgan fingerprint density at radius 3 is 2.47 bits per heavy atom. The van der Waals surface area contributed by atoms with Crippen LogP contribution in [0.4, 0.5) is 4.39 Å². The molecule has 0 heterocycles. The van der Waals surface area contributed by atoms with E-state index in [4.69, 9.17) is 4.74 Å². The highest BCUT2D eigenvalue weighted by Crippen LogP contribution is 2.38. The summed E-state index contributed by atoms with van der Waals surface area (Å²) < 4.78 is 30.2. The largest absolute Gasteiger partial charge is 0.483 e. The van der Waals surface area contributed by atoms with Crippen molar-refractivity contribution in [3.8, 4) is 5.75 Å². The van der Waals surface area contributed by atoms with Crippen LogP contribution in [0.1, 0.15) is 26.3 Å². The van der Waals surface area contributed by atoms with Crippen LogP contribution in [-0.4, -0.2) is 17.9 Å². The number of rotatable bonds is 3. The standard InChI is InChI=1S/C12H18FO3P/c1-12(2,3)11-9(13)6-5-7-10(11)16-8-17(4,14)15/h5-7H,8H2,1-4H3,(H,14,15). The third-order valence-electron chi connectivity index (χ3n) is 2.18. The second-order valence-corrected chi connectivity index (χ2v) is 7.55. The summed E-state index contributed by atoms with van der Waals surface area (Å²) in [4.78, 5) is 9.18. The molecule has 0 saturated heterocycles. The molecule has 0 fully saturated rings. The molecule has 5 heteroatoms. The van der Waals surface area contributed by atoms with Crippen molar-refractivity contribution in [3.05, 3.63) is 29.6 Å². The minimum absolute atomic E-state index is 0.306. The minimum atomic E-state index is -3.26. The van der Waals surface area contributed by atoms with Gasteiger partial charge in [-0.2, -0.15) is 0 Å². The molecule has 17 heavy (non-hydrogen) atoms. The monoisotopic (exact) mass is 260 g/mol. The molecule has 0 aliphatic carbocycles. The molecule has 0 aromatic heterocycles. The van der Waals surface area contributed by atoms with Gasteiger partial charge in [-0.15, -0.1) is 0 Å². The maximum atomic E-state index is 13.8. The molecule has 0 aliphatic heterocycles. The number of halogens is 1. The van der Waals surface area contributed by atoms with Gasteiger partial charge in [0.2, 0.25) is 7.37 Å². The molecule has 1 unspecified atom stereocenters. The Balaban J connectivity index is 3.08. The van der Waals surface area contributed by atoms with Crippen LogP contribution in [0, 0.1) is 5.82 Å². The molecule has 1 aromatic carbocycles. The maximum Gasteiger partial charge on any atom is 0.233 e. The third-order valence-corrected chi connectivity index (χ3v) is 2.79. The summed E-state index contributed by atoms with van der Waals surface area (Å²) in [5.41, 5.74) is 0.00174. The lowest BCUT2D eigenvalue weighted by Crippen LogP contribution is -2.16. The molecule has 0 radical (unpaired) electrons. The summed E-state index contributed by atoms with van der Waals surface area (Å²) in [6.45, 7) is 6.80. The lowest BCUT2D eigenvalue weighted by atomic mass is 9.86. The molecule has 96 valence electrons. The Bertz CT molecular complexity index is 446. The van der Waals surface area contributed by atoms with Crippen molar-refractivity contribution in [3.63, 3.8) is 0 Å². The molecular formula is C12H18FO3P. The van der Waals surface area contributed by atoms with E-state index in [1.54, 1.807) is 6.07 Å². The Kier molecular flexibility index (Phi) is 4.00. The van der Waals surface area contributed by atoms with E-state index in [2.05, 4.69) is 0 Å². The van der Waals surface area contributed by atoms with Crippen molar-refractivity contribution in [1.29, 1.82) is 0 Å². The van der Waals surface area contributed by atoms with E-state index in [1.807, 2.05) is 20.8 Å². The highest BCUT2D eigenvalue weighted by atomic mass is 31.2. The molecule has 1 atom stereocenters. The molecule has 0 bridgehead atoms. The van der Waals surface area contributed by atoms with E-state index < -0.39 is 12.8 Å². The number of benzene rings is 1. The lowest BCUT2D eigenvalue weighted by molar-refractivity contribution is 0.338. The average molecular weight is 260 g/mol. The van der Waals surface area contributed by atoms with Crippen molar-refractivity contribution in [2.24, 2.45) is 0 Å². The number of ether oxygens (including phenoxy) is 1. The van der Waals surface area contributed by atoms with Crippen molar-refractivity contribution < 1.29 is 18.6 Å². The number of hydrogen-bond acceptors (Lipinski definition) is 2. The summed E-state index contributed by atoms with van der Waals surface area (Å²) in [7, 11) is -3.26. The molecule has 0 aliphatic rings. The molecule has 1 rings (SSSR count). The first-order valence-electron chi connectivity index (χ1n) is 5.32. The fraction of sp³-hybridized carbons (Fsp3) is 0.500. The first kappa shape index (κ1) is 14.2. The van der Waals surface area contributed by atoms with Gasteiger partial charge in [0.15, 0.2) is 6.35 Å². The fourth-order valence-corrected chi connectivity index (χ4v) is 1.92. The van der Waals surface area contributed by atoms with Gasteiger partial charge < -0.3 is 9.63 Å². The predicted molar refractivity (Wildman–Crippen MR) is 66.3 cm³/mol. The van der Waals surface area contributed by atoms with E-state index in [1.165, 1.54) is 18.8 Å². The van der Waals surface area contributed by atoms with E-state index in [0.29, 0.717) is 11.3 Å². The van der Waals surface area contributed by atoms with Gasteiger partial charge in [0.05, 0.1) is 0 Å². The summed E-state index contributed by atoms with van der Waals surface area (Å²) >= 11 is 0. The highest BCUT2D eigenvalue weighted by molar-refractivity contribution is 7.56. The topological polar surface area (TPSA) is 46.5 Å². The third kappa shape index (κ3) is 4.14.